The molecule has 0 spiro atoms. The van der Waals surface area contributed by atoms with E-state index in [0.717, 1.165) is 30.5 Å². The van der Waals surface area contributed by atoms with E-state index in [9.17, 15) is 4.79 Å². The van der Waals surface area contributed by atoms with Crippen molar-refractivity contribution in [2.45, 2.75) is 39.2 Å². The summed E-state index contributed by atoms with van der Waals surface area (Å²) < 4.78 is 0. The molecule has 6 heteroatoms. The Morgan fingerprint density at radius 1 is 1.55 bits per heavy atom. The van der Waals surface area contributed by atoms with Crippen molar-refractivity contribution in [3.63, 3.8) is 0 Å². The number of carbonyl (C=O) groups is 1. The van der Waals surface area contributed by atoms with Crippen molar-refractivity contribution in [1.82, 2.24) is 10.3 Å². The zero-order chi connectivity index (χ0) is 14.5. The lowest BCUT2D eigenvalue weighted by Gasteiger charge is -2.25. The summed E-state index contributed by atoms with van der Waals surface area (Å²) in [5, 5.41) is 6.68. The molecule has 0 bridgehead atoms. The van der Waals surface area contributed by atoms with E-state index < -0.39 is 0 Å². The molecule has 20 heavy (non-hydrogen) atoms. The van der Waals surface area contributed by atoms with E-state index in [1.165, 1.54) is 6.92 Å². The maximum Gasteiger partial charge on any atom is 0.217 e. The number of hydrogen-bond acceptors (Lipinski definition) is 5. The highest BCUT2D eigenvalue weighted by atomic mass is 16.1. The number of aliphatic imine (C=N–C) groups is 1. The number of hydrazone groups is 1. The maximum absolute atomic E-state index is 11.2. The molecular weight excluding hydrogens is 254 g/mol. The second-order valence-electron chi connectivity index (χ2n) is 4.91. The lowest BCUT2D eigenvalue weighted by Crippen LogP contribution is -2.46. The van der Waals surface area contributed by atoms with E-state index in [1.807, 2.05) is 19.1 Å². The molecule has 0 aliphatic heterocycles. The molecule has 0 saturated heterocycles. The number of rotatable bonds is 2. The number of nitrogens with one attached hydrogen (secondary N) is 1. The molecule has 0 aromatic carbocycles. The number of nitrogens with zero attached hydrogens (tertiary/aromatic N) is 3. The predicted octanol–water partition coefficient (Wildman–Crippen LogP) is 1.47. The Labute approximate surface area is 118 Å². The van der Waals surface area contributed by atoms with Crippen LogP contribution in [0.25, 0.3) is 0 Å². The van der Waals surface area contributed by atoms with E-state index in [4.69, 9.17) is 5.84 Å². The van der Waals surface area contributed by atoms with Gasteiger partial charge in [-0.25, -0.2) is 9.98 Å². The fourth-order valence-corrected chi connectivity index (χ4v) is 2.32. The van der Waals surface area contributed by atoms with Crippen molar-refractivity contribution in [1.29, 1.82) is 0 Å². The molecule has 1 aliphatic carbocycles. The molecule has 1 fully saturated rings. The minimum Gasteiger partial charge on any atom is -0.348 e. The molecule has 1 atom stereocenters. The van der Waals surface area contributed by atoms with E-state index in [2.05, 4.69) is 20.4 Å². The normalized spacial score (nSPS) is 23.0. The molecule has 3 N–H and O–H groups in total. The summed E-state index contributed by atoms with van der Waals surface area (Å²) in [6.07, 6.45) is 4.29. The summed E-state index contributed by atoms with van der Waals surface area (Å²) >= 11 is 0. The van der Waals surface area contributed by atoms with Crippen LogP contribution < -0.4 is 11.2 Å². The standard InChI is InChI=1S/C14H19N5O/c1-9-6-7-16-13(8-9)18-12-5-3-4-11(14(12)19-15)17-10(2)20/h6-8,11H,3-5,15H2,1-2H3,(H,17,20)/b18-12?,19-14-. The van der Waals surface area contributed by atoms with Crippen molar-refractivity contribution in [3.8, 4) is 0 Å². The molecule has 1 heterocycles. The second-order valence-corrected chi connectivity index (χ2v) is 4.91. The van der Waals surface area contributed by atoms with Gasteiger partial charge in [-0.05, 0) is 43.9 Å². The Hall–Kier alpha value is -2.24. The highest BCUT2D eigenvalue weighted by Gasteiger charge is 2.26. The molecule has 1 aromatic rings. The van der Waals surface area contributed by atoms with E-state index in [0.29, 0.717) is 11.5 Å². The number of pyridine rings is 1. The topological polar surface area (TPSA) is 92.7 Å². The summed E-state index contributed by atoms with van der Waals surface area (Å²) in [6, 6.07) is 3.67. The third-order valence-corrected chi connectivity index (χ3v) is 3.20. The number of aromatic nitrogens is 1. The Morgan fingerprint density at radius 3 is 3.00 bits per heavy atom. The van der Waals surface area contributed by atoms with Crippen molar-refractivity contribution >= 4 is 23.1 Å². The largest absolute Gasteiger partial charge is 0.348 e. The summed E-state index contributed by atoms with van der Waals surface area (Å²) in [7, 11) is 0. The number of aryl methyl sites for hydroxylation is 1. The van der Waals surface area contributed by atoms with Crippen LogP contribution in [0.4, 0.5) is 5.82 Å². The Kier molecular flexibility index (Phi) is 4.45. The van der Waals surface area contributed by atoms with Gasteiger partial charge in [-0.1, -0.05) is 0 Å². The van der Waals surface area contributed by atoms with Crippen LogP contribution in [0.1, 0.15) is 31.7 Å². The van der Waals surface area contributed by atoms with Crippen LogP contribution in [0.5, 0.6) is 0 Å². The lowest BCUT2D eigenvalue weighted by molar-refractivity contribution is -0.119. The van der Waals surface area contributed by atoms with Crippen LogP contribution in [0.15, 0.2) is 28.4 Å². The van der Waals surface area contributed by atoms with Crippen LogP contribution in [0.2, 0.25) is 0 Å². The number of carbonyl (C=O) groups excluding carboxylic acids is 1. The number of hydrogen-bond donors (Lipinski definition) is 2. The predicted molar refractivity (Wildman–Crippen MR) is 79.1 cm³/mol. The molecule has 6 nitrogen and oxygen atoms in total. The minimum absolute atomic E-state index is 0.0916. The Morgan fingerprint density at radius 2 is 2.35 bits per heavy atom. The quantitative estimate of drug-likeness (QED) is 0.631. The van der Waals surface area contributed by atoms with Gasteiger partial charge in [0.25, 0.3) is 0 Å². The number of amides is 1. The zero-order valence-electron chi connectivity index (χ0n) is 11.8. The third kappa shape index (κ3) is 3.40. The van der Waals surface area contributed by atoms with E-state index in [-0.39, 0.29) is 11.9 Å². The SMILES string of the molecule is CC(=O)NC1CCCC(=Nc2cc(C)ccn2)/C1=N\N. The smallest absolute Gasteiger partial charge is 0.217 e. The van der Waals surface area contributed by atoms with Gasteiger partial charge in [0.1, 0.15) is 5.71 Å². The van der Waals surface area contributed by atoms with Crippen LogP contribution in [-0.2, 0) is 4.79 Å². The molecule has 1 aromatic heterocycles. The fourth-order valence-electron chi connectivity index (χ4n) is 2.32. The first kappa shape index (κ1) is 14.2. The molecule has 1 unspecified atom stereocenters. The van der Waals surface area contributed by atoms with Gasteiger partial charge in [-0.3, -0.25) is 4.79 Å². The molecule has 0 radical (unpaired) electrons. The van der Waals surface area contributed by atoms with Gasteiger partial charge >= 0.3 is 0 Å². The van der Waals surface area contributed by atoms with Gasteiger partial charge in [0.15, 0.2) is 5.82 Å². The third-order valence-electron chi connectivity index (χ3n) is 3.20. The maximum atomic E-state index is 11.2. The highest BCUT2D eigenvalue weighted by molar-refractivity contribution is 6.45. The van der Waals surface area contributed by atoms with Gasteiger partial charge in [0.05, 0.1) is 11.8 Å². The number of nitrogens with two attached hydrogens (primary N) is 1. The highest BCUT2D eigenvalue weighted by Crippen LogP contribution is 2.18. The average molecular weight is 273 g/mol. The van der Waals surface area contributed by atoms with Gasteiger partial charge in [-0.2, -0.15) is 5.10 Å². The average Bonchev–Trinajstić information content (AvgIpc) is 2.38. The first-order valence-electron chi connectivity index (χ1n) is 6.65. The summed E-state index contributed by atoms with van der Waals surface area (Å²) in [5.41, 5.74) is 2.55. The van der Waals surface area contributed by atoms with Crippen LogP contribution in [-0.4, -0.2) is 28.4 Å². The zero-order valence-corrected chi connectivity index (χ0v) is 11.8. The Balaban J connectivity index is 2.28. The van der Waals surface area contributed by atoms with Crippen molar-refractivity contribution < 1.29 is 4.79 Å². The molecule has 106 valence electrons. The molecule has 1 amide bonds. The summed E-state index contributed by atoms with van der Waals surface area (Å²) in [5.74, 6) is 6.03. The van der Waals surface area contributed by atoms with Gasteiger partial charge in [0, 0.05) is 13.1 Å². The summed E-state index contributed by atoms with van der Waals surface area (Å²) in [4.78, 5) is 20.0. The van der Waals surface area contributed by atoms with E-state index >= 15 is 0 Å². The van der Waals surface area contributed by atoms with Crippen molar-refractivity contribution in [2.24, 2.45) is 15.9 Å². The van der Waals surface area contributed by atoms with Crippen molar-refractivity contribution in [3.05, 3.63) is 23.9 Å². The first-order chi connectivity index (χ1) is 9.60. The van der Waals surface area contributed by atoms with E-state index in [1.54, 1.807) is 6.20 Å². The van der Waals surface area contributed by atoms with Gasteiger partial charge in [-0.15, -0.1) is 0 Å². The molecular formula is C14H19N5O. The van der Waals surface area contributed by atoms with Crippen LogP contribution in [0.3, 0.4) is 0 Å². The minimum atomic E-state index is -0.158. The first-order valence-corrected chi connectivity index (χ1v) is 6.65. The lowest BCUT2D eigenvalue weighted by atomic mass is 9.91. The van der Waals surface area contributed by atoms with Gasteiger partial charge in [0.2, 0.25) is 5.91 Å². The molecule has 1 saturated carbocycles. The molecule has 1 aliphatic rings. The second kappa shape index (κ2) is 6.27. The van der Waals surface area contributed by atoms with Crippen LogP contribution >= 0.6 is 0 Å². The van der Waals surface area contributed by atoms with Crippen molar-refractivity contribution in [2.75, 3.05) is 0 Å². The Bertz CT molecular complexity index is 564. The van der Waals surface area contributed by atoms with Crippen LogP contribution in [0, 0.1) is 6.92 Å². The molecule has 2 rings (SSSR count). The monoisotopic (exact) mass is 273 g/mol. The van der Waals surface area contributed by atoms with Gasteiger partial charge < -0.3 is 11.2 Å². The summed E-state index contributed by atoms with van der Waals surface area (Å²) in [6.45, 7) is 3.48. The fraction of sp³-hybridized carbons (Fsp3) is 0.429.